The molecule has 0 heterocycles. The van der Waals surface area contributed by atoms with Crippen LogP contribution in [0.4, 0.5) is 5.69 Å². The molecule has 0 saturated heterocycles. The van der Waals surface area contributed by atoms with Gasteiger partial charge in [-0.1, -0.05) is 48.9 Å². The van der Waals surface area contributed by atoms with Crippen LogP contribution in [0.15, 0.2) is 66.7 Å². The Labute approximate surface area is 165 Å². The molecule has 4 heteroatoms. The average molecular weight is 382 g/mol. The van der Waals surface area contributed by atoms with Crippen LogP contribution in [0.5, 0.6) is 11.5 Å². The van der Waals surface area contributed by atoms with Crippen LogP contribution in [0.25, 0.3) is 0 Å². The molecule has 0 saturated carbocycles. The molecule has 0 aliphatic rings. The molecule has 140 valence electrons. The zero-order valence-corrected chi connectivity index (χ0v) is 16.4. The van der Waals surface area contributed by atoms with E-state index in [-0.39, 0.29) is 0 Å². The molecular formula is C23H24ClNO2. The average Bonchev–Trinajstić information content (AvgIpc) is 2.72. The van der Waals surface area contributed by atoms with Crippen LogP contribution >= 0.6 is 11.6 Å². The number of halogens is 1. The van der Waals surface area contributed by atoms with Gasteiger partial charge in [-0.25, -0.2) is 0 Å². The largest absolute Gasteiger partial charge is 0.493 e. The van der Waals surface area contributed by atoms with Crippen LogP contribution in [-0.4, -0.2) is 7.11 Å². The minimum atomic E-state index is 0.467. The SMILES string of the molecule is CCc1ccc(NCc2ccc(OCc3ccc(Cl)cc3)c(OC)c2)cc1. The second-order valence-electron chi connectivity index (χ2n) is 6.30. The summed E-state index contributed by atoms with van der Waals surface area (Å²) in [7, 11) is 1.66. The van der Waals surface area contributed by atoms with Gasteiger partial charge in [-0.3, -0.25) is 0 Å². The number of hydrogen-bond acceptors (Lipinski definition) is 3. The maximum absolute atomic E-state index is 5.92. The zero-order chi connectivity index (χ0) is 19.1. The summed E-state index contributed by atoms with van der Waals surface area (Å²) in [5, 5.41) is 4.16. The van der Waals surface area contributed by atoms with E-state index in [1.807, 2.05) is 42.5 Å². The van der Waals surface area contributed by atoms with Gasteiger partial charge in [-0.2, -0.15) is 0 Å². The van der Waals surface area contributed by atoms with Gasteiger partial charge in [-0.15, -0.1) is 0 Å². The molecule has 0 amide bonds. The lowest BCUT2D eigenvalue weighted by atomic mass is 10.1. The Hall–Kier alpha value is -2.65. The number of rotatable bonds is 8. The molecule has 0 fully saturated rings. The van der Waals surface area contributed by atoms with E-state index < -0.39 is 0 Å². The monoisotopic (exact) mass is 381 g/mol. The van der Waals surface area contributed by atoms with E-state index in [2.05, 4.69) is 36.5 Å². The standard InChI is InChI=1S/C23H24ClNO2/c1-3-17-6-11-21(12-7-17)25-15-19-8-13-22(23(14-19)26-2)27-16-18-4-9-20(24)10-5-18/h4-14,25H,3,15-16H2,1-2H3. The minimum absolute atomic E-state index is 0.467. The fourth-order valence-corrected chi connectivity index (χ4v) is 2.87. The number of benzene rings is 3. The molecule has 0 unspecified atom stereocenters. The van der Waals surface area contributed by atoms with Crippen molar-refractivity contribution < 1.29 is 9.47 Å². The van der Waals surface area contributed by atoms with Gasteiger partial charge in [0.2, 0.25) is 0 Å². The zero-order valence-electron chi connectivity index (χ0n) is 15.7. The van der Waals surface area contributed by atoms with Gasteiger partial charge in [0, 0.05) is 17.3 Å². The van der Waals surface area contributed by atoms with Crippen molar-refractivity contribution in [2.75, 3.05) is 12.4 Å². The molecule has 27 heavy (non-hydrogen) atoms. The minimum Gasteiger partial charge on any atom is -0.493 e. The fraction of sp³-hybridized carbons (Fsp3) is 0.217. The van der Waals surface area contributed by atoms with Crippen molar-refractivity contribution in [2.45, 2.75) is 26.5 Å². The Morgan fingerprint density at radius 1 is 0.815 bits per heavy atom. The molecule has 0 bridgehead atoms. The Morgan fingerprint density at radius 2 is 1.48 bits per heavy atom. The Balaban J connectivity index is 1.61. The number of methoxy groups -OCH3 is 1. The Morgan fingerprint density at radius 3 is 2.15 bits per heavy atom. The highest BCUT2D eigenvalue weighted by molar-refractivity contribution is 6.30. The lowest BCUT2D eigenvalue weighted by Crippen LogP contribution is -2.02. The first-order chi connectivity index (χ1) is 13.2. The first-order valence-electron chi connectivity index (χ1n) is 9.05. The highest BCUT2D eigenvalue weighted by Gasteiger charge is 2.07. The lowest BCUT2D eigenvalue weighted by molar-refractivity contribution is 0.284. The maximum Gasteiger partial charge on any atom is 0.161 e. The predicted molar refractivity (Wildman–Crippen MR) is 112 cm³/mol. The first-order valence-corrected chi connectivity index (χ1v) is 9.42. The van der Waals surface area contributed by atoms with Crippen LogP contribution in [-0.2, 0) is 19.6 Å². The highest BCUT2D eigenvalue weighted by atomic mass is 35.5. The third-order valence-electron chi connectivity index (χ3n) is 4.39. The summed E-state index contributed by atoms with van der Waals surface area (Å²) in [5.74, 6) is 1.45. The van der Waals surface area contributed by atoms with Crippen molar-refractivity contribution in [2.24, 2.45) is 0 Å². The van der Waals surface area contributed by atoms with E-state index in [9.17, 15) is 0 Å². The van der Waals surface area contributed by atoms with Gasteiger partial charge < -0.3 is 14.8 Å². The Kier molecular flexibility index (Phi) is 6.61. The topological polar surface area (TPSA) is 30.5 Å². The molecule has 0 aliphatic carbocycles. The molecule has 0 aromatic heterocycles. The van der Waals surface area contributed by atoms with E-state index >= 15 is 0 Å². The third kappa shape index (κ3) is 5.41. The van der Waals surface area contributed by atoms with Crippen LogP contribution in [0.1, 0.15) is 23.6 Å². The normalized spacial score (nSPS) is 10.5. The molecule has 3 aromatic rings. The lowest BCUT2D eigenvalue weighted by Gasteiger charge is -2.13. The molecule has 0 atom stereocenters. The summed E-state index contributed by atoms with van der Waals surface area (Å²) in [6.07, 6.45) is 1.05. The first kappa shape index (κ1) is 19.1. The number of ether oxygens (including phenoxy) is 2. The fourth-order valence-electron chi connectivity index (χ4n) is 2.75. The summed E-state index contributed by atoms with van der Waals surface area (Å²) in [4.78, 5) is 0. The second-order valence-corrected chi connectivity index (χ2v) is 6.74. The number of nitrogens with one attached hydrogen (secondary N) is 1. The van der Waals surface area contributed by atoms with E-state index in [0.29, 0.717) is 6.61 Å². The molecule has 0 aliphatic heterocycles. The smallest absolute Gasteiger partial charge is 0.161 e. The Bertz CT molecular complexity index is 861. The van der Waals surface area contributed by atoms with E-state index in [1.54, 1.807) is 7.11 Å². The maximum atomic E-state index is 5.92. The van der Waals surface area contributed by atoms with Gasteiger partial charge in [0.05, 0.1) is 7.11 Å². The van der Waals surface area contributed by atoms with Gasteiger partial charge in [0.25, 0.3) is 0 Å². The predicted octanol–water partition coefficient (Wildman–Crippen LogP) is 6.10. The van der Waals surface area contributed by atoms with Gasteiger partial charge in [-0.05, 0) is 59.5 Å². The van der Waals surface area contributed by atoms with Gasteiger partial charge >= 0.3 is 0 Å². The summed E-state index contributed by atoms with van der Waals surface area (Å²) >= 11 is 5.92. The van der Waals surface area contributed by atoms with Gasteiger partial charge in [0.1, 0.15) is 6.61 Å². The summed E-state index contributed by atoms with van der Waals surface area (Å²) < 4.78 is 11.4. The summed E-state index contributed by atoms with van der Waals surface area (Å²) in [5.41, 5.74) is 4.63. The molecular weight excluding hydrogens is 358 g/mol. The van der Waals surface area contributed by atoms with Gasteiger partial charge in [0.15, 0.2) is 11.5 Å². The highest BCUT2D eigenvalue weighted by Crippen LogP contribution is 2.29. The van der Waals surface area contributed by atoms with Crippen LogP contribution in [0.3, 0.4) is 0 Å². The molecule has 0 spiro atoms. The van der Waals surface area contributed by atoms with E-state index in [0.717, 1.165) is 46.3 Å². The number of anilines is 1. The van der Waals surface area contributed by atoms with Crippen molar-refractivity contribution in [3.63, 3.8) is 0 Å². The number of hydrogen-bond donors (Lipinski definition) is 1. The van der Waals surface area contributed by atoms with Crippen molar-refractivity contribution in [3.05, 3.63) is 88.4 Å². The van der Waals surface area contributed by atoms with E-state index in [4.69, 9.17) is 21.1 Å². The summed E-state index contributed by atoms with van der Waals surface area (Å²) in [6.45, 7) is 3.35. The van der Waals surface area contributed by atoms with Crippen LogP contribution in [0, 0.1) is 0 Å². The quantitative estimate of drug-likeness (QED) is 0.511. The molecule has 0 radical (unpaired) electrons. The molecule has 3 aromatic carbocycles. The van der Waals surface area contributed by atoms with E-state index in [1.165, 1.54) is 5.56 Å². The summed E-state index contributed by atoms with van der Waals surface area (Å²) in [6, 6.07) is 22.2. The molecule has 3 nitrogen and oxygen atoms in total. The van der Waals surface area contributed by atoms with Crippen molar-refractivity contribution >= 4 is 17.3 Å². The molecule has 3 rings (SSSR count). The number of aryl methyl sites for hydroxylation is 1. The third-order valence-corrected chi connectivity index (χ3v) is 4.65. The second kappa shape index (κ2) is 9.33. The van der Waals surface area contributed by atoms with Crippen molar-refractivity contribution in [1.29, 1.82) is 0 Å². The van der Waals surface area contributed by atoms with Crippen LogP contribution in [0.2, 0.25) is 5.02 Å². The van der Waals surface area contributed by atoms with Crippen molar-refractivity contribution in [3.8, 4) is 11.5 Å². The molecule has 1 N–H and O–H groups in total. The van der Waals surface area contributed by atoms with Crippen LogP contribution < -0.4 is 14.8 Å². The van der Waals surface area contributed by atoms with Crippen molar-refractivity contribution in [1.82, 2.24) is 0 Å².